The summed E-state index contributed by atoms with van der Waals surface area (Å²) in [5.41, 5.74) is 1.75. The Balaban J connectivity index is 1.90. The van der Waals surface area contributed by atoms with Crippen LogP contribution in [0.4, 0.5) is 0 Å². The molecule has 3 aromatic heterocycles. The predicted octanol–water partition coefficient (Wildman–Crippen LogP) is 4.17. The molecule has 1 aliphatic rings. The largest absolute Gasteiger partial charge is 0.332 e. The Morgan fingerprint density at radius 2 is 1.77 bits per heavy atom. The molecule has 0 bridgehead atoms. The van der Waals surface area contributed by atoms with Gasteiger partial charge >= 0.3 is 5.69 Å². The highest BCUT2D eigenvalue weighted by atomic mass is 35.5. The third-order valence-electron chi connectivity index (χ3n) is 6.15. The van der Waals surface area contributed by atoms with Crippen LogP contribution in [-0.2, 0) is 14.1 Å². The molecule has 1 fully saturated rings. The monoisotopic (exact) mass is 445 g/mol. The molecular weight excluding hydrogens is 425 g/mol. The van der Waals surface area contributed by atoms with Gasteiger partial charge in [0.05, 0.1) is 10.7 Å². The first-order chi connectivity index (χ1) is 14.4. The topological polar surface area (TPSA) is 66.2 Å². The van der Waals surface area contributed by atoms with Crippen molar-refractivity contribution in [1.82, 2.24) is 23.1 Å². The van der Waals surface area contributed by atoms with E-state index in [4.69, 9.17) is 28.2 Å². The minimum atomic E-state index is -0.390. The number of benzene rings is 1. The number of hydrogen-bond acceptors (Lipinski definition) is 3. The molecule has 0 radical (unpaired) electrons. The summed E-state index contributed by atoms with van der Waals surface area (Å²) in [5, 5.41) is 1.11. The predicted molar refractivity (Wildman–Crippen MR) is 119 cm³/mol. The number of halogens is 2. The summed E-state index contributed by atoms with van der Waals surface area (Å²) in [6.07, 6.45) is 7.47. The molecule has 0 spiro atoms. The van der Waals surface area contributed by atoms with Crippen LogP contribution in [0.1, 0.15) is 38.1 Å². The molecule has 0 amide bonds. The van der Waals surface area contributed by atoms with Crippen molar-refractivity contribution in [2.75, 3.05) is 0 Å². The fraction of sp³-hybridized carbons (Fsp3) is 0.381. The second kappa shape index (κ2) is 7.03. The molecule has 0 atom stereocenters. The molecule has 3 heterocycles. The van der Waals surface area contributed by atoms with Gasteiger partial charge in [0.1, 0.15) is 0 Å². The first-order valence-electron chi connectivity index (χ1n) is 10.0. The van der Waals surface area contributed by atoms with E-state index in [9.17, 15) is 9.59 Å². The van der Waals surface area contributed by atoms with Gasteiger partial charge in [-0.1, -0.05) is 42.5 Å². The van der Waals surface area contributed by atoms with Crippen LogP contribution in [0.2, 0.25) is 10.0 Å². The molecule has 7 nitrogen and oxygen atoms in total. The number of aryl methyl sites for hydroxylation is 1. The molecule has 1 aliphatic carbocycles. The summed E-state index contributed by atoms with van der Waals surface area (Å²) >= 11 is 12.7. The summed E-state index contributed by atoms with van der Waals surface area (Å²) in [6.45, 7) is 0. The highest BCUT2D eigenvalue weighted by Gasteiger charge is 2.26. The van der Waals surface area contributed by atoms with Crippen molar-refractivity contribution < 1.29 is 0 Å². The average Bonchev–Trinajstić information content (AvgIpc) is 3.27. The van der Waals surface area contributed by atoms with Gasteiger partial charge in [-0.05, 0) is 31.0 Å². The highest BCUT2D eigenvalue weighted by Crippen LogP contribution is 2.38. The van der Waals surface area contributed by atoms with Gasteiger partial charge in [0.2, 0.25) is 5.78 Å². The quantitative estimate of drug-likeness (QED) is 0.465. The Hall–Kier alpha value is -2.51. The maximum absolute atomic E-state index is 13.0. The third-order valence-corrected chi connectivity index (χ3v) is 6.69. The van der Waals surface area contributed by atoms with Gasteiger partial charge < -0.3 is 4.57 Å². The minimum absolute atomic E-state index is 0.246. The van der Waals surface area contributed by atoms with Gasteiger partial charge in [0.15, 0.2) is 11.2 Å². The molecule has 5 rings (SSSR count). The average molecular weight is 446 g/mol. The van der Waals surface area contributed by atoms with E-state index in [1.54, 1.807) is 17.5 Å². The zero-order valence-electron chi connectivity index (χ0n) is 16.7. The lowest BCUT2D eigenvalue weighted by Gasteiger charge is -2.25. The van der Waals surface area contributed by atoms with Crippen molar-refractivity contribution in [1.29, 1.82) is 0 Å². The SMILES string of the molecule is Cn1c(=O)c2c(nc3n(C4CCCCC4)c(-c4ccc(Cl)cc4Cl)cn23)n(C)c1=O. The second-order valence-corrected chi connectivity index (χ2v) is 8.80. The van der Waals surface area contributed by atoms with E-state index < -0.39 is 5.69 Å². The van der Waals surface area contributed by atoms with E-state index in [-0.39, 0.29) is 11.6 Å². The van der Waals surface area contributed by atoms with Crippen molar-refractivity contribution in [3.8, 4) is 11.3 Å². The van der Waals surface area contributed by atoms with Crippen molar-refractivity contribution in [3.63, 3.8) is 0 Å². The van der Waals surface area contributed by atoms with Crippen LogP contribution in [0.5, 0.6) is 0 Å². The van der Waals surface area contributed by atoms with Crippen LogP contribution in [0.15, 0.2) is 34.0 Å². The Morgan fingerprint density at radius 3 is 2.47 bits per heavy atom. The first-order valence-corrected chi connectivity index (χ1v) is 10.8. The summed E-state index contributed by atoms with van der Waals surface area (Å²) in [5.74, 6) is 0.649. The number of nitrogens with zero attached hydrogens (tertiary/aromatic N) is 5. The fourth-order valence-corrected chi connectivity index (χ4v) is 5.09. The second-order valence-electron chi connectivity index (χ2n) is 7.96. The van der Waals surface area contributed by atoms with E-state index >= 15 is 0 Å². The summed E-state index contributed by atoms with van der Waals surface area (Å²) in [6, 6.07) is 5.68. The van der Waals surface area contributed by atoms with Crippen molar-refractivity contribution in [2.45, 2.75) is 38.1 Å². The maximum atomic E-state index is 13.0. The summed E-state index contributed by atoms with van der Waals surface area (Å²) < 4.78 is 6.51. The molecule has 1 aromatic carbocycles. The lowest BCUT2D eigenvalue weighted by molar-refractivity contribution is 0.361. The van der Waals surface area contributed by atoms with Gasteiger partial charge in [0.25, 0.3) is 5.56 Å². The van der Waals surface area contributed by atoms with E-state index in [1.807, 2.05) is 18.3 Å². The summed E-state index contributed by atoms with van der Waals surface area (Å²) in [4.78, 5) is 30.1. The molecule has 0 aliphatic heterocycles. The molecular formula is C21H21Cl2N5O2. The molecule has 1 saturated carbocycles. The lowest BCUT2D eigenvalue weighted by Crippen LogP contribution is -2.37. The molecule has 30 heavy (non-hydrogen) atoms. The van der Waals surface area contributed by atoms with Gasteiger partial charge in [0, 0.05) is 36.9 Å². The number of imidazole rings is 2. The molecule has 0 N–H and O–H groups in total. The fourth-order valence-electron chi connectivity index (χ4n) is 4.58. The number of rotatable bonds is 2. The zero-order chi connectivity index (χ0) is 21.2. The standard InChI is InChI=1S/C21H21Cl2N5O2/c1-25-18-17(19(29)26(2)21(25)30)27-11-16(14-9-8-12(22)10-15(14)23)28(20(27)24-18)13-6-4-3-5-7-13/h8-11,13H,3-7H2,1-2H3. The van der Waals surface area contributed by atoms with Gasteiger partial charge in [-0.2, -0.15) is 4.98 Å². The molecule has 156 valence electrons. The highest BCUT2D eigenvalue weighted by molar-refractivity contribution is 6.36. The minimum Gasteiger partial charge on any atom is -0.306 e. The van der Waals surface area contributed by atoms with Crippen molar-refractivity contribution in [3.05, 3.63) is 55.3 Å². The van der Waals surface area contributed by atoms with Gasteiger partial charge in [-0.3, -0.25) is 18.3 Å². The van der Waals surface area contributed by atoms with Crippen LogP contribution in [0.25, 0.3) is 28.2 Å². The normalized spacial score (nSPS) is 15.5. The Kier molecular flexibility index (Phi) is 4.56. The molecule has 0 saturated heterocycles. The van der Waals surface area contributed by atoms with Crippen molar-refractivity contribution in [2.24, 2.45) is 14.1 Å². The van der Waals surface area contributed by atoms with Crippen LogP contribution >= 0.6 is 23.2 Å². The van der Waals surface area contributed by atoms with E-state index in [1.165, 1.54) is 18.0 Å². The van der Waals surface area contributed by atoms with Gasteiger partial charge in [-0.25, -0.2) is 4.79 Å². The van der Waals surface area contributed by atoms with E-state index in [0.29, 0.717) is 27.0 Å². The Morgan fingerprint density at radius 1 is 1.03 bits per heavy atom. The number of hydrogen-bond donors (Lipinski definition) is 0. The van der Waals surface area contributed by atoms with Crippen LogP contribution in [0, 0.1) is 0 Å². The first kappa shape index (κ1) is 19.5. The smallest absolute Gasteiger partial charge is 0.306 e. The van der Waals surface area contributed by atoms with Crippen LogP contribution in [-0.4, -0.2) is 23.1 Å². The number of fused-ring (bicyclic) bond motifs is 3. The Bertz CT molecular complexity index is 1420. The maximum Gasteiger partial charge on any atom is 0.332 e. The Labute approximate surface area is 182 Å². The molecule has 4 aromatic rings. The van der Waals surface area contributed by atoms with E-state index in [0.717, 1.165) is 41.5 Å². The lowest BCUT2D eigenvalue weighted by atomic mass is 9.95. The van der Waals surface area contributed by atoms with Gasteiger partial charge in [-0.15, -0.1) is 0 Å². The molecule has 9 heteroatoms. The summed E-state index contributed by atoms with van der Waals surface area (Å²) in [7, 11) is 3.12. The zero-order valence-corrected chi connectivity index (χ0v) is 18.2. The van der Waals surface area contributed by atoms with Crippen LogP contribution in [0.3, 0.4) is 0 Å². The van der Waals surface area contributed by atoms with Crippen LogP contribution < -0.4 is 11.2 Å². The number of aromatic nitrogens is 5. The van der Waals surface area contributed by atoms with E-state index in [2.05, 4.69) is 4.57 Å². The third kappa shape index (κ3) is 2.76. The molecule has 0 unspecified atom stereocenters. The van der Waals surface area contributed by atoms with Crippen molar-refractivity contribution >= 4 is 40.1 Å².